The summed E-state index contributed by atoms with van der Waals surface area (Å²) in [6.45, 7) is 2.82. The molecule has 0 aromatic heterocycles. The molecule has 1 unspecified atom stereocenters. The van der Waals surface area contributed by atoms with Gasteiger partial charge in [0.25, 0.3) is 0 Å². The molecule has 0 bridgehead atoms. The second-order valence-corrected chi connectivity index (χ2v) is 5.48. The Balaban J connectivity index is 2.32. The van der Waals surface area contributed by atoms with E-state index in [0.717, 1.165) is 19.3 Å². The molecule has 0 amide bonds. The molecule has 0 spiro atoms. The average Bonchev–Trinajstić information content (AvgIpc) is 2.39. The van der Waals surface area contributed by atoms with Gasteiger partial charge in [0.05, 0.1) is 13.0 Å². The summed E-state index contributed by atoms with van der Waals surface area (Å²) in [4.78, 5) is 11.5. The van der Waals surface area contributed by atoms with Crippen LogP contribution in [0.4, 0.5) is 0 Å². The molecule has 1 heterocycles. The van der Waals surface area contributed by atoms with E-state index in [1.807, 2.05) is 6.08 Å². The Morgan fingerprint density at radius 1 is 0.947 bits per heavy atom. The molecule has 1 rings (SSSR count). The van der Waals surface area contributed by atoms with Crippen molar-refractivity contribution in [2.75, 3.05) is 6.61 Å². The monoisotopic (exact) mass is 264 g/mol. The van der Waals surface area contributed by atoms with Gasteiger partial charge in [0.15, 0.2) is 0 Å². The summed E-state index contributed by atoms with van der Waals surface area (Å²) < 4.78 is 5.24. The van der Waals surface area contributed by atoms with Crippen LogP contribution in [0, 0.1) is 5.92 Å². The predicted octanol–water partition coefficient (Wildman–Crippen LogP) is 4.80. The van der Waals surface area contributed by atoms with Crippen molar-refractivity contribution in [3.05, 3.63) is 24.3 Å². The molecule has 108 valence electrons. The molecule has 1 aliphatic rings. The van der Waals surface area contributed by atoms with Gasteiger partial charge in [-0.1, -0.05) is 44.1 Å². The van der Waals surface area contributed by atoms with Gasteiger partial charge in [-0.25, -0.2) is 0 Å². The van der Waals surface area contributed by atoms with Crippen LogP contribution in [-0.4, -0.2) is 12.6 Å². The molecule has 0 aromatic carbocycles. The van der Waals surface area contributed by atoms with Crippen LogP contribution in [0.2, 0.25) is 0 Å². The second-order valence-electron chi connectivity index (χ2n) is 5.48. The fourth-order valence-electron chi connectivity index (χ4n) is 2.22. The van der Waals surface area contributed by atoms with E-state index in [1.165, 1.54) is 32.1 Å². The number of hydrogen-bond acceptors (Lipinski definition) is 2. The van der Waals surface area contributed by atoms with Crippen molar-refractivity contribution < 1.29 is 9.53 Å². The molecule has 2 heteroatoms. The molecule has 1 atom stereocenters. The molecule has 0 saturated carbocycles. The first-order valence-corrected chi connectivity index (χ1v) is 7.74. The topological polar surface area (TPSA) is 26.3 Å². The van der Waals surface area contributed by atoms with E-state index in [4.69, 9.17) is 4.74 Å². The van der Waals surface area contributed by atoms with Crippen molar-refractivity contribution in [1.82, 2.24) is 0 Å². The number of esters is 1. The lowest BCUT2D eigenvalue weighted by molar-refractivity contribution is -0.142. The Morgan fingerprint density at radius 3 is 2.42 bits per heavy atom. The Kier molecular flexibility index (Phi) is 9.13. The van der Waals surface area contributed by atoms with Crippen LogP contribution in [0.1, 0.15) is 64.7 Å². The molecule has 0 radical (unpaired) electrons. The molecule has 2 nitrogen and oxygen atoms in total. The van der Waals surface area contributed by atoms with Crippen LogP contribution in [-0.2, 0) is 9.53 Å². The summed E-state index contributed by atoms with van der Waals surface area (Å²) in [6.07, 6.45) is 18.4. The first kappa shape index (κ1) is 16.0. The normalized spacial score (nSPS) is 24.7. The summed E-state index contributed by atoms with van der Waals surface area (Å²) in [5.74, 6) is 0.565. The van der Waals surface area contributed by atoms with Crippen LogP contribution in [0.15, 0.2) is 24.3 Å². The SMILES string of the molecule is CC1CCCCC=CCCCC=CCC(=O)OCC1. The van der Waals surface area contributed by atoms with E-state index in [9.17, 15) is 4.79 Å². The van der Waals surface area contributed by atoms with Crippen molar-refractivity contribution in [1.29, 1.82) is 0 Å². The van der Waals surface area contributed by atoms with E-state index >= 15 is 0 Å². The van der Waals surface area contributed by atoms with E-state index in [0.29, 0.717) is 18.9 Å². The Morgan fingerprint density at radius 2 is 1.63 bits per heavy atom. The number of allylic oxidation sites excluding steroid dienone is 3. The van der Waals surface area contributed by atoms with Crippen molar-refractivity contribution in [2.24, 2.45) is 5.92 Å². The van der Waals surface area contributed by atoms with Gasteiger partial charge in [-0.3, -0.25) is 4.79 Å². The van der Waals surface area contributed by atoms with Gasteiger partial charge in [0, 0.05) is 0 Å². The zero-order valence-corrected chi connectivity index (χ0v) is 12.3. The molecular formula is C17H28O2. The van der Waals surface area contributed by atoms with Crippen molar-refractivity contribution in [3.63, 3.8) is 0 Å². The molecule has 0 saturated heterocycles. The maximum atomic E-state index is 11.5. The molecule has 0 N–H and O–H groups in total. The Bertz CT molecular complexity index is 292. The minimum absolute atomic E-state index is 0.0901. The number of rotatable bonds is 0. The number of cyclic esters (lactones) is 1. The molecular weight excluding hydrogens is 236 g/mol. The van der Waals surface area contributed by atoms with Crippen LogP contribution in [0.3, 0.4) is 0 Å². The van der Waals surface area contributed by atoms with Gasteiger partial charge < -0.3 is 4.74 Å². The highest BCUT2D eigenvalue weighted by molar-refractivity contribution is 5.71. The van der Waals surface area contributed by atoms with Crippen LogP contribution in [0.25, 0.3) is 0 Å². The Labute approximate surface area is 117 Å². The van der Waals surface area contributed by atoms with Gasteiger partial charge in [0.2, 0.25) is 0 Å². The third-order valence-corrected chi connectivity index (χ3v) is 3.55. The van der Waals surface area contributed by atoms with Gasteiger partial charge in [0.1, 0.15) is 0 Å². The fraction of sp³-hybridized carbons (Fsp3) is 0.706. The minimum atomic E-state index is -0.0901. The Hall–Kier alpha value is -1.05. The molecule has 0 fully saturated rings. The first-order chi connectivity index (χ1) is 9.29. The van der Waals surface area contributed by atoms with Gasteiger partial charge in [-0.05, 0) is 44.4 Å². The average molecular weight is 264 g/mol. The van der Waals surface area contributed by atoms with Crippen LogP contribution in [0.5, 0.6) is 0 Å². The zero-order chi connectivity index (χ0) is 13.8. The first-order valence-electron chi connectivity index (χ1n) is 7.74. The highest BCUT2D eigenvalue weighted by Gasteiger charge is 2.04. The second kappa shape index (κ2) is 10.8. The highest BCUT2D eigenvalue weighted by Crippen LogP contribution is 2.14. The van der Waals surface area contributed by atoms with E-state index in [1.54, 1.807) is 0 Å². The fourth-order valence-corrected chi connectivity index (χ4v) is 2.22. The lowest BCUT2D eigenvalue weighted by Gasteiger charge is -2.10. The van der Waals surface area contributed by atoms with Gasteiger partial charge >= 0.3 is 5.97 Å². The standard InChI is InChI=1S/C17H28O2/c1-16-12-10-8-6-4-2-3-5-7-9-11-13-17(18)19-15-14-16/h2,4,9,11,16H,3,5-8,10,12-15H2,1H3. The number of carbonyl (C=O) groups is 1. The minimum Gasteiger partial charge on any atom is -0.465 e. The third kappa shape index (κ3) is 9.52. The van der Waals surface area contributed by atoms with Crippen molar-refractivity contribution in [3.8, 4) is 0 Å². The van der Waals surface area contributed by atoms with Gasteiger partial charge in [-0.2, -0.15) is 0 Å². The highest BCUT2D eigenvalue weighted by atomic mass is 16.5. The number of hydrogen-bond donors (Lipinski definition) is 0. The molecule has 0 aromatic rings. The van der Waals surface area contributed by atoms with E-state index in [-0.39, 0.29) is 5.97 Å². The van der Waals surface area contributed by atoms with Crippen molar-refractivity contribution >= 4 is 5.97 Å². The summed E-state index contributed by atoms with van der Waals surface area (Å²) in [5.41, 5.74) is 0. The molecule has 1 aliphatic heterocycles. The quantitative estimate of drug-likeness (QED) is 0.464. The van der Waals surface area contributed by atoms with Gasteiger partial charge in [-0.15, -0.1) is 0 Å². The van der Waals surface area contributed by atoms with Crippen molar-refractivity contribution in [2.45, 2.75) is 64.7 Å². The summed E-state index contributed by atoms with van der Waals surface area (Å²) >= 11 is 0. The van der Waals surface area contributed by atoms with Crippen LogP contribution < -0.4 is 0 Å². The number of ether oxygens (including phenoxy) is 1. The summed E-state index contributed by atoms with van der Waals surface area (Å²) in [7, 11) is 0. The van der Waals surface area contributed by atoms with E-state index < -0.39 is 0 Å². The van der Waals surface area contributed by atoms with E-state index in [2.05, 4.69) is 25.2 Å². The lowest BCUT2D eigenvalue weighted by Crippen LogP contribution is -2.07. The maximum absolute atomic E-state index is 11.5. The molecule has 19 heavy (non-hydrogen) atoms. The zero-order valence-electron chi connectivity index (χ0n) is 12.3. The summed E-state index contributed by atoms with van der Waals surface area (Å²) in [6, 6.07) is 0. The predicted molar refractivity (Wildman–Crippen MR) is 80.0 cm³/mol. The smallest absolute Gasteiger partial charge is 0.309 e. The van der Waals surface area contributed by atoms with Crippen LogP contribution >= 0.6 is 0 Å². The largest absolute Gasteiger partial charge is 0.465 e. The lowest BCUT2D eigenvalue weighted by atomic mass is 10.0. The molecule has 0 aliphatic carbocycles. The number of carbonyl (C=O) groups excluding carboxylic acids is 1. The third-order valence-electron chi connectivity index (χ3n) is 3.55. The maximum Gasteiger partial charge on any atom is 0.309 e. The summed E-state index contributed by atoms with van der Waals surface area (Å²) in [5, 5.41) is 0.